The first-order valence-electron chi connectivity index (χ1n) is 7.90. The van der Waals surface area contributed by atoms with Gasteiger partial charge in [0.15, 0.2) is 5.82 Å². The van der Waals surface area contributed by atoms with Gasteiger partial charge >= 0.3 is 6.09 Å². The van der Waals surface area contributed by atoms with Gasteiger partial charge in [-0.05, 0) is 35.9 Å². The standard InChI is InChI=1S/C18H16FN5O3/c19-13-2-1-3-14(8-13)24-10-15(20)16(23-24)22-17(25)12-6-4-11(5-7-12)9-21-18(26)27/h1-8,10,21H,9,20H2,(H,26,27)(H,22,23,25). The van der Waals surface area contributed by atoms with Gasteiger partial charge in [-0.3, -0.25) is 4.79 Å². The lowest BCUT2D eigenvalue weighted by atomic mass is 10.1. The highest BCUT2D eigenvalue weighted by molar-refractivity contribution is 6.05. The van der Waals surface area contributed by atoms with Crippen molar-refractivity contribution < 1.29 is 19.1 Å². The summed E-state index contributed by atoms with van der Waals surface area (Å²) >= 11 is 0. The molecule has 0 spiro atoms. The normalized spacial score (nSPS) is 10.4. The number of halogens is 1. The summed E-state index contributed by atoms with van der Waals surface area (Å²) in [5.41, 5.74) is 7.65. The average Bonchev–Trinajstić information content (AvgIpc) is 3.01. The molecule has 138 valence electrons. The zero-order valence-corrected chi connectivity index (χ0v) is 14.0. The van der Waals surface area contributed by atoms with Crippen LogP contribution in [0.4, 0.5) is 20.7 Å². The maximum Gasteiger partial charge on any atom is 0.404 e. The minimum Gasteiger partial charge on any atom is -0.465 e. The van der Waals surface area contributed by atoms with Gasteiger partial charge in [0.2, 0.25) is 0 Å². The topological polar surface area (TPSA) is 122 Å². The zero-order chi connectivity index (χ0) is 19.4. The number of hydrogen-bond donors (Lipinski definition) is 4. The van der Waals surface area contributed by atoms with Gasteiger partial charge in [0.1, 0.15) is 5.82 Å². The van der Waals surface area contributed by atoms with E-state index in [2.05, 4.69) is 15.7 Å². The fourth-order valence-electron chi connectivity index (χ4n) is 2.37. The van der Waals surface area contributed by atoms with Gasteiger partial charge in [0.05, 0.1) is 17.6 Å². The molecule has 0 aliphatic heterocycles. The first-order chi connectivity index (χ1) is 12.9. The molecule has 2 aromatic carbocycles. The second-order valence-corrected chi connectivity index (χ2v) is 5.67. The Morgan fingerprint density at radius 1 is 1.19 bits per heavy atom. The summed E-state index contributed by atoms with van der Waals surface area (Å²) in [6.45, 7) is 0.141. The summed E-state index contributed by atoms with van der Waals surface area (Å²) in [7, 11) is 0. The van der Waals surface area contributed by atoms with Crippen molar-refractivity contribution in [2.75, 3.05) is 11.1 Å². The van der Waals surface area contributed by atoms with Crippen LogP contribution in [0, 0.1) is 5.82 Å². The summed E-state index contributed by atoms with van der Waals surface area (Å²) in [6, 6.07) is 12.2. The maximum atomic E-state index is 13.3. The van der Waals surface area contributed by atoms with Crippen molar-refractivity contribution >= 4 is 23.5 Å². The molecule has 0 fully saturated rings. The second-order valence-electron chi connectivity index (χ2n) is 5.67. The Balaban J connectivity index is 1.71. The predicted molar refractivity (Wildman–Crippen MR) is 97.2 cm³/mol. The number of amides is 2. The highest BCUT2D eigenvalue weighted by Crippen LogP contribution is 2.20. The van der Waals surface area contributed by atoms with Gasteiger partial charge in [-0.15, -0.1) is 5.10 Å². The molecule has 1 heterocycles. The van der Waals surface area contributed by atoms with Crippen molar-refractivity contribution in [2.45, 2.75) is 6.54 Å². The highest BCUT2D eigenvalue weighted by Gasteiger charge is 2.13. The van der Waals surface area contributed by atoms with Gasteiger partial charge < -0.3 is 21.5 Å². The number of nitrogen functional groups attached to an aromatic ring is 1. The quantitative estimate of drug-likeness (QED) is 0.551. The fraction of sp³-hybridized carbons (Fsp3) is 0.0556. The predicted octanol–water partition coefficient (Wildman–Crippen LogP) is 2.61. The number of carbonyl (C=O) groups excluding carboxylic acids is 1. The lowest BCUT2D eigenvalue weighted by molar-refractivity contribution is 0.102. The number of hydrogen-bond acceptors (Lipinski definition) is 4. The number of carboxylic acid groups (broad SMARTS) is 1. The Morgan fingerprint density at radius 2 is 1.93 bits per heavy atom. The highest BCUT2D eigenvalue weighted by atomic mass is 19.1. The van der Waals surface area contributed by atoms with Crippen LogP contribution in [0.25, 0.3) is 5.69 Å². The van der Waals surface area contributed by atoms with Crippen molar-refractivity contribution in [3.63, 3.8) is 0 Å². The van der Waals surface area contributed by atoms with Crippen LogP contribution >= 0.6 is 0 Å². The van der Waals surface area contributed by atoms with E-state index in [1.807, 2.05) is 0 Å². The molecule has 2 amide bonds. The molecule has 3 aromatic rings. The van der Waals surface area contributed by atoms with Crippen LogP contribution in [-0.4, -0.2) is 26.9 Å². The van der Waals surface area contributed by atoms with Crippen molar-refractivity contribution in [3.05, 3.63) is 71.7 Å². The largest absolute Gasteiger partial charge is 0.465 e. The smallest absolute Gasteiger partial charge is 0.404 e. The molecule has 0 unspecified atom stereocenters. The van der Waals surface area contributed by atoms with Crippen LogP contribution in [0.15, 0.2) is 54.7 Å². The Hall–Kier alpha value is -3.88. The lowest BCUT2D eigenvalue weighted by Crippen LogP contribution is -2.20. The third kappa shape index (κ3) is 4.40. The van der Waals surface area contributed by atoms with E-state index < -0.39 is 17.8 Å². The number of nitrogens with two attached hydrogens (primary N) is 1. The number of rotatable bonds is 5. The Bertz CT molecular complexity index is 985. The summed E-state index contributed by atoms with van der Waals surface area (Å²) in [4.78, 5) is 22.8. The number of nitrogens with one attached hydrogen (secondary N) is 2. The van der Waals surface area contributed by atoms with E-state index in [1.165, 1.54) is 23.0 Å². The summed E-state index contributed by atoms with van der Waals surface area (Å²) in [5.74, 6) is -0.686. The number of benzene rings is 2. The van der Waals surface area contributed by atoms with Gasteiger partial charge in [-0.1, -0.05) is 18.2 Å². The van der Waals surface area contributed by atoms with Gasteiger partial charge in [-0.2, -0.15) is 0 Å². The third-order valence-corrected chi connectivity index (χ3v) is 3.71. The minimum absolute atomic E-state index is 0.141. The van der Waals surface area contributed by atoms with Crippen LogP contribution in [0.1, 0.15) is 15.9 Å². The molecule has 0 atom stereocenters. The molecule has 27 heavy (non-hydrogen) atoms. The Labute approximate surface area is 153 Å². The zero-order valence-electron chi connectivity index (χ0n) is 14.0. The number of carbonyl (C=O) groups is 2. The molecular weight excluding hydrogens is 353 g/mol. The molecule has 1 aromatic heterocycles. The van der Waals surface area contributed by atoms with E-state index in [0.717, 1.165) is 0 Å². The van der Waals surface area contributed by atoms with Gasteiger partial charge in [0.25, 0.3) is 5.91 Å². The van der Waals surface area contributed by atoms with Crippen LogP contribution in [0.3, 0.4) is 0 Å². The molecular formula is C18H16FN5O3. The van der Waals surface area contributed by atoms with Crippen LogP contribution in [0.2, 0.25) is 0 Å². The lowest BCUT2D eigenvalue weighted by Gasteiger charge is -2.05. The number of nitrogens with zero attached hydrogens (tertiary/aromatic N) is 2. The first-order valence-corrected chi connectivity index (χ1v) is 7.90. The monoisotopic (exact) mass is 369 g/mol. The Kier molecular flexibility index (Phi) is 5.02. The molecule has 3 rings (SSSR count). The second kappa shape index (κ2) is 7.56. The third-order valence-electron chi connectivity index (χ3n) is 3.71. The van der Waals surface area contributed by atoms with E-state index in [9.17, 15) is 14.0 Å². The molecule has 0 saturated carbocycles. The van der Waals surface area contributed by atoms with Crippen molar-refractivity contribution in [3.8, 4) is 5.69 Å². The number of aromatic nitrogens is 2. The molecule has 5 N–H and O–H groups in total. The molecule has 0 radical (unpaired) electrons. The van der Waals surface area contributed by atoms with Gasteiger partial charge in [-0.25, -0.2) is 13.9 Å². The first kappa shape index (κ1) is 17.9. The average molecular weight is 369 g/mol. The van der Waals surface area contributed by atoms with E-state index in [4.69, 9.17) is 10.8 Å². The van der Waals surface area contributed by atoms with E-state index in [1.54, 1.807) is 36.4 Å². The molecule has 0 bridgehead atoms. The van der Waals surface area contributed by atoms with Crippen LogP contribution < -0.4 is 16.4 Å². The van der Waals surface area contributed by atoms with Crippen molar-refractivity contribution in [1.29, 1.82) is 0 Å². The van der Waals surface area contributed by atoms with Crippen LogP contribution in [0.5, 0.6) is 0 Å². The Morgan fingerprint density at radius 3 is 2.59 bits per heavy atom. The fourth-order valence-corrected chi connectivity index (χ4v) is 2.37. The minimum atomic E-state index is -1.12. The summed E-state index contributed by atoms with van der Waals surface area (Å²) in [5, 5.41) is 17.6. The molecule has 9 heteroatoms. The summed E-state index contributed by atoms with van der Waals surface area (Å²) in [6.07, 6.45) is 0.353. The molecule has 8 nitrogen and oxygen atoms in total. The number of anilines is 2. The van der Waals surface area contributed by atoms with E-state index in [0.29, 0.717) is 16.8 Å². The van der Waals surface area contributed by atoms with Crippen molar-refractivity contribution in [2.24, 2.45) is 0 Å². The van der Waals surface area contributed by atoms with E-state index >= 15 is 0 Å². The molecule has 0 saturated heterocycles. The summed E-state index contributed by atoms with van der Waals surface area (Å²) < 4.78 is 14.7. The van der Waals surface area contributed by atoms with E-state index in [-0.39, 0.29) is 18.1 Å². The molecule has 0 aliphatic rings. The molecule has 0 aliphatic carbocycles. The SMILES string of the molecule is Nc1cn(-c2cccc(F)c2)nc1NC(=O)c1ccc(CNC(=O)O)cc1. The van der Waals surface area contributed by atoms with Crippen LogP contribution in [-0.2, 0) is 6.54 Å². The van der Waals surface area contributed by atoms with Gasteiger partial charge in [0, 0.05) is 12.1 Å². The maximum absolute atomic E-state index is 13.3. The van der Waals surface area contributed by atoms with Crippen molar-refractivity contribution in [1.82, 2.24) is 15.1 Å².